The number of nitrogens with zero attached hydrogens (tertiary/aromatic N) is 1. The summed E-state index contributed by atoms with van der Waals surface area (Å²) >= 11 is 6.76. The number of amides is 2. The van der Waals surface area contributed by atoms with Crippen LogP contribution in [-0.4, -0.2) is 61.1 Å². The van der Waals surface area contributed by atoms with E-state index in [1.54, 1.807) is 13.8 Å². The first-order valence-electron chi connectivity index (χ1n) is 8.12. The molecule has 2 atom stereocenters. The van der Waals surface area contributed by atoms with Crippen LogP contribution in [0.2, 0.25) is 0 Å². The van der Waals surface area contributed by atoms with Crippen molar-refractivity contribution in [2.24, 2.45) is 0 Å². The number of likely N-dealkylation sites (tertiary alicyclic amines) is 1. The van der Waals surface area contributed by atoms with Crippen molar-refractivity contribution in [3.8, 4) is 0 Å². The molecule has 0 radical (unpaired) electrons. The van der Waals surface area contributed by atoms with E-state index in [-0.39, 0.29) is 16.4 Å². The van der Waals surface area contributed by atoms with Crippen LogP contribution in [0.15, 0.2) is 11.5 Å². The van der Waals surface area contributed by atoms with Crippen LogP contribution in [-0.2, 0) is 23.9 Å². The molecule has 0 spiro atoms. The molecule has 0 aromatic carbocycles. The molecule has 8 nitrogen and oxygen atoms in total. The molecule has 11 heteroatoms. The lowest BCUT2D eigenvalue weighted by Crippen LogP contribution is -2.69. The number of aliphatic hydroxyl groups excluding tert-OH is 1. The Hall–Kier alpha value is -1.07. The van der Waals surface area contributed by atoms with Gasteiger partial charge in [0.05, 0.1) is 10.7 Å². The Balaban J connectivity index is 3.16. The molecule has 152 valence electrons. The minimum atomic E-state index is -0.986. The third-order valence-corrected chi connectivity index (χ3v) is 5.64. The highest BCUT2D eigenvalue weighted by Crippen LogP contribution is 2.35. The molecular formula is C16H22Br2N2O6S. The van der Waals surface area contributed by atoms with Gasteiger partial charge in [0.25, 0.3) is 5.91 Å². The highest BCUT2D eigenvalue weighted by Gasteiger charge is 2.53. The monoisotopic (exact) mass is 528 g/mol. The maximum atomic E-state index is 12.7. The predicted octanol–water partition coefficient (Wildman–Crippen LogP) is 2.24. The van der Waals surface area contributed by atoms with Crippen LogP contribution < -0.4 is 5.32 Å². The van der Waals surface area contributed by atoms with Crippen molar-refractivity contribution >= 4 is 67.0 Å². The molecule has 0 aromatic heterocycles. The normalized spacial score (nSPS) is 20.5. The number of nitrogens with one attached hydrogen (secondary N) is 1. The van der Waals surface area contributed by atoms with Crippen molar-refractivity contribution in [3.63, 3.8) is 0 Å². The molecule has 1 heterocycles. The van der Waals surface area contributed by atoms with Gasteiger partial charge in [0.15, 0.2) is 11.3 Å². The number of hydrogen-bond donors (Lipinski definition) is 2. The van der Waals surface area contributed by atoms with Gasteiger partial charge in [-0.25, -0.2) is 4.79 Å². The number of esters is 1. The Bertz CT molecular complexity index is 640. The Morgan fingerprint density at radius 3 is 2.48 bits per heavy atom. The van der Waals surface area contributed by atoms with Crippen molar-refractivity contribution in [1.82, 2.24) is 10.2 Å². The van der Waals surface area contributed by atoms with Gasteiger partial charge in [-0.1, -0.05) is 57.0 Å². The number of halogens is 2. The molecular weight excluding hydrogens is 508 g/mol. The van der Waals surface area contributed by atoms with E-state index in [1.165, 1.54) is 0 Å². The Kier molecular flexibility index (Phi) is 9.29. The number of thioether (sulfide) groups is 1. The number of rotatable bonds is 10. The topological polar surface area (TPSA) is 113 Å². The Morgan fingerprint density at radius 2 is 2.00 bits per heavy atom. The van der Waals surface area contributed by atoms with Crippen molar-refractivity contribution in [1.29, 1.82) is 0 Å². The molecule has 27 heavy (non-hydrogen) atoms. The van der Waals surface area contributed by atoms with Crippen molar-refractivity contribution in [3.05, 3.63) is 11.5 Å². The SMILES string of the molecule is CCCC(C)(C)OC(=O)C(=C(O)CBr)N1C(=O)C(NC(=O)CBr)C1SC=O. The van der Waals surface area contributed by atoms with E-state index in [2.05, 4.69) is 37.2 Å². The fraction of sp³-hybridized carbons (Fsp3) is 0.625. The molecule has 2 N–H and O–H groups in total. The van der Waals surface area contributed by atoms with Gasteiger partial charge in [-0.05, 0) is 20.3 Å². The van der Waals surface area contributed by atoms with Crippen LogP contribution in [0.25, 0.3) is 0 Å². The number of hydrogen-bond acceptors (Lipinski definition) is 7. The van der Waals surface area contributed by atoms with Gasteiger partial charge in [0.1, 0.15) is 22.8 Å². The zero-order valence-electron chi connectivity index (χ0n) is 15.2. The maximum absolute atomic E-state index is 12.7. The van der Waals surface area contributed by atoms with Gasteiger partial charge in [-0.2, -0.15) is 0 Å². The highest BCUT2D eigenvalue weighted by molar-refractivity contribution is 9.09. The summed E-state index contributed by atoms with van der Waals surface area (Å²) in [7, 11) is 0. The molecule has 0 bridgehead atoms. The van der Waals surface area contributed by atoms with Crippen molar-refractivity contribution in [2.45, 2.75) is 50.6 Å². The van der Waals surface area contributed by atoms with Gasteiger partial charge in [0.2, 0.25) is 5.91 Å². The fourth-order valence-corrected chi connectivity index (χ4v) is 3.83. The molecule has 1 rings (SSSR count). The summed E-state index contributed by atoms with van der Waals surface area (Å²) in [6, 6.07) is -0.986. The standard InChI is InChI=1S/C16H22Br2N2O6S/c1-4-5-16(2,3)26-15(25)12(9(22)6-17)20-13(24)11(14(20)27-8-21)19-10(23)7-18/h8,11,14,22H,4-7H2,1-3H3,(H,19,23). The third-order valence-electron chi connectivity index (χ3n) is 3.73. The molecule has 0 aromatic rings. The zero-order valence-corrected chi connectivity index (χ0v) is 19.1. The van der Waals surface area contributed by atoms with Gasteiger partial charge in [-0.15, -0.1) is 0 Å². The number of ether oxygens (including phenoxy) is 1. The number of carbonyl (C=O) groups excluding carboxylic acids is 4. The van der Waals surface area contributed by atoms with E-state index in [4.69, 9.17) is 4.74 Å². The van der Waals surface area contributed by atoms with E-state index < -0.39 is 40.6 Å². The minimum absolute atomic E-state index is 0.0160. The van der Waals surface area contributed by atoms with Crippen LogP contribution in [0.3, 0.4) is 0 Å². The second-order valence-electron chi connectivity index (χ2n) is 6.34. The molecule has 2 amide bonds. The van der Waals surface area contributed by atoms with E-state index in [9.17, 15) is 24.3 Å². The van der Waals surface area contributed by atoms with Crippen LogP contribution >= 0.6 is 43.6 Å². The molecule has 1 saturated heterocycles. The molecule has 0 saturated carbocycles. The summed E-state index contributed by atoms with van der Waals surface area (Å²) in [5, 5.41) is 11.7. The summed E-state index contributed by atoms with van der Waals surface area (Å²) < 4.78 is 5.47. The lowest BCUT2D eigenvalue weighted by atomic mass is 10.0. The summed E-state index contributed by atoms with van der Waals surface area (Å²) in [5.41, 5.74) is -0.633. The molecule has 1 fully saturated rings. The average molecular weight is 530 g/mol. The van der Waals surface area contributed by atoms with Crippen LogP contribution in [0, 0.1) is 0 Å². The average Bonchev–Trinajstić information content (AvgIpc) is 2.61. The first kappa shape index (κ1) is 24.0. The number of aliphatic hydroxyl groups is 1. The summed E-state index contributed by atoms with van der Waals surface area (Å²) in [4.78, 5) is 48.8. The fourth-order valence-electron chi connectivity index (χ4n) is 2.61. The molecule has 1 aliphatic rings. The number of carbonyl (C=O) groups is 4. The lowest BCUT2D eigenvalue weighted by molar-refractivity contribution is -0.160. The second kappa shape index (κ2) is 10.5. The van der Waals surface area contributed by atoms with E-state index in [1.807, 2.05) is 6.92 Å². The Labute approximate surface area is 178 Å². The first-order chi connectivity index (χ1) is 12.6. The summed E-state index contributed by atoms with van der Waals surface area (Å²) in [6.07, 6.45) is 1.36. The predicted molar refractivity (Wildman–Crippen MR) is 109 cm³/mol. The van der Waals surface area contributed by atoms with Crippen LogP contribution in [0.5, 0.6) is 0 Å². The van der Waals surface area contributed by atoms with Gasteiger partial charge in [-0.3, -0.25) is 19.3 Å². The lowest BCUT2D eigenvalue weighted by Gasteiger charge is -2.46. The second-order valence-corrected chi connectivity index (χ2v) is 8.41. The largest absolute Gasteiger partial charge is 0.509 e. The van der Waals surface area contributed by atoms with E-state index in [0.29, 0.717) is 12.0 Å². The quantitative estimate of drug-likeness (QED) is 0.111. The van der Waals surface area contributed by atoms with Gasteiger partial charge in [0, 0.05) is 0 Å². The zero-order chi connectivity index (χ0) is 20.8. The number of alkyl halides is 2. The van der Waals surface area contributed by atoms with E-state index in [0.717, 1.165) is 23.1 Å². The molecule has 1 aliphatic heterocycles. The van der Waals surface area contributed by atoms with Crippen molar-refractivity contribution < 1.29 is 29.0 Å². The minimum Gasteiger partial charge on any atom is -0.509 e. The van der Waals surface area contributed by atoms with Gasteiger partial charge < -0.3 is 15.2 Å². The highest BCUT2D eigenvalue weighted by atomic mass is 79.9. The van der Waals surface area contributed by atoms with Crippen LogP contribution in [0.4, 0.5) is 0 Å². The number of allylic oxidation sites excluding steroid dienone is 1. The van der Waals surface area contributed by atoms with Crippen molar-refractivity contribution in [2.75, 3.05) is 10.7 Å². The Morgan fingerprint density at radius 1 is 1.37 bits per heavy atom. The molecule has 0 aliphatic carbocycles. The smallest absolute Gasteiger partial charge is 0.359 e. The van der Waals surface area contributed by atoms with E-state index >= 15 is 0 Å². The molecule has 2 unspecified atom stereocenters. The van der Waals surface area contributed by atoms with Crippen LogP contribution in [0.1, 0.15) is 33.6 Å². The summed E-state index contributed by atoms with van der Waals surface area (Å²) in [5.74, 6) is -2.33. The maximum Gasteiger partial charge on any atom is 0.359 e. The summed E-state index contributed by atoms with van der Waals surface area (Å²) in [6.45, 7) is 5.40. The third kappa shape index (κ3) is 5.95. The van der Waals surface area contributed by atoms with Gasteiger partial charge >= 0.3 is 5.97 Å². The first-order valence-corrected chi connectivity index (χ1v) is 11.3. The number of β-lactam (4-membered cyclic amide) rings is 1.